The van der Waals surface area contributed by atoms with Gasteiger partial charge in [0.25, 0.3) is 0 Å². The first-order valence-electron chi connectivity index (χ1n) is 7.86. The molecule has 1 aliphatic rings. The SMILES string of the molecule is CSc1sc(NC(=O)[C@@H]2CC(=O)N(c3ccc(F)c([N+](=O)[O-])c3)C2)nc1C. The minimum atomic E-state index is -0.978. The number of aryl methyl sites for hydroxylation is 1. The maximum atomic E-state index is 13.5. The Bertz CT molecular complexity index is 933. The van der Waals surface area contributed by atoms with Gasteiger partial charge in [0.05, 0.1) is 26.4 Å². The van der Waals surface area contributed by atoms with E-state index < -0.39 is 22.3 Å². The zero-order chi connectivity index (χ0) is 19.7. The summed E-state index contributed by atoms with van der Waals surface area (Å²) < 4.78 is 14.5. The van der Waals surface area contributed by atoms with Crippen molar-refractivity contribution in [1.82, 2.24) is 4.98 Å². The zero-order valence-corrected chi connectivity index (χ0v) is 16.0. The number of carbonyl (C=O) groups is 2. The number of halogens is 1. The fraction of sp³-hybridized carbons (Fsp3) is 0.312. The van der Waals surface area contributed by atoms with Gasteiger partial charge in [-0.1, -0.05) is 11.3 Å². The molecule has 8 nitrogen and oxygen atoms in total. The van der Waals surface area contributed by atoms with Crippen molar-refractivity contribution in [3.8, 4) is 0 Å². The van der Waals surface area contributed by atoms with E-state index in [0.29, 0.717) is 5.13 Å². The average Bonchev–Trinajstić information content (AvgIpc) is 3.17. The molecule has 1 aromatic carbocycles. The zero-order valence-electron chi connectivity index (χ0n) is 14.4. The second-order valence-corrected chi connectivity index (χ2v) is 7.96. The minimum absolute atomic E-state index is 0.0310. The second kappa shape index (κ2) is 7.61. The number of nitro benzene ring substituents is 1. The molecule has 1 aliphatic heterocycles. The van der Waals surface area contributed by atoms with Gasteiger partial charge in [0.2, 0.25) is 17.6 Å². The number of thioether (sulfide) groups is 1. The molecule has 1 N–H and O–H groups in total. The molecule has 3 rings (SSSR count). The number of hydrogen-bond acceptors (Lipinski definition) is 7. The van der Waals surface area contributed by atoms with E-state index in [-0.39, 0.29) is 30.5 Å². The number of amides is 2. The van der Waals surface area contributed by atoms with Gasteiger partial charge in [-0.05, 0) is 25.3 Å². The van der Waals surface area contributed by atoms with Crippen molar-refractivity contribution < 1.29 is 18.9 Å². The highest BCUT2D eigenvalue weighted by molar-refractivity contribution is 8.00. The van der Waals surface area contributed by atoms with Crippen molar-refractivity contribution >= 4 is 51.4 Å². The van der Waals surface area contributed by atoms with Crippen LogP contribution in [0.15, 0.2) is 22.4 Å². The topological polar surface area (TPSA) is 105 Å². The molecule has 0 aliphatic carbocycles. The minimum Gasteiger partial charge on any atom is -0.311 e. The largest absolute Gasteiger partial charge is 0.311 e. The van der Waals surface area contributed by atoms with Crippen molar-refractivity contribution in [1.29, 1.82) is 0 Å². The summed E-state index contributed by atoms with van der Waals surface area (Å²) in [6.45, 7) is 1.91. The number of benzene rings is 1. The van der Waals surface area contributed by atoms with Gasteiger partial charge >= 0.3 is 5.69 Å². The predicted octanol–water partition coefficient (Wildman–Crippen LogP) is 3.21. The third-order valence-electron chi connectivity index (χ3n) is 4.10. The molecule has 11 heteroatoms. The van der Waals surface area contributed by atoms with Crippen LogP contribution in [0.25, 0.3) is 0 Å². The van der Waals surface area contributed by atoms with Crippen LogP contribution in [0.1, 0.15) is 12.1 Å². The van der Waals surface area contributed by atoms with Crippen LogP contribution in [0.4, 0.5) is 20.9 Å². The lowest BCUT2D eigenvalue weighted by atomic mass is 10.1. The van der Waals surface area contributed by atoms with E-state index in [1.165, 1.54) is 34.1 Å². The third kappa shape index (κ3) is 3.93. The number of nitrogens with one attached hydrogen (secondary N) is 1. The summed E-state index contributed by atoms with van der Waals surface area (Å²) in [6, 6.07) is 3.23. The number of hydrogen-bond donors (Lipinski definition) is 1. The molecule has 2 aromatic rings. The second-order valence-electron chi connectivity index (χ2n) is 5.88. The molecule has 1 saturated heterocycles. The van der Waals surface area contributed by atoms with Crippen LogP contribution in [0.2, 0.25) is 0 Å². The summed E-state index contributed by atoms with van der Waals surface area (Å²) >= 11 is 2.89. The van der Waals surface area contributed by atoms with E-state index in [0.717, 1.165) is 22.0 Å². The van der Waals surface area contributed by atoms with Gasteiger partial charge in [0.15, 0.2) is 5.13 Å². The fourth-order valence-electron chi connectivity index (χ4n) is 2.77. The van der Waals surface area contributed by atoms with Crippen molar-refractivity contribution in [2.75, 3.05) is 23.0 Å². The number of nitro groups is 1. The smallest absolute Gasteiger partial charge is 0.306 e. The molecular formula is C16H15FN4O4S2. The first-order valence-corrected chi connectivity index (χ1v) is 9.91. The Kier molecular flexibility index (Phi) is 5.42. The number of rotatable bonds is 5. The van der Waals surface area contributed by atoms with Crippen molar-refractivity contribution in [2.45, 2.75) is 17.6 Å². The first kappa shape index (κ1) is 19.2. The van der Waals surface area contributed by atoms with E-state index in [9.17, 15) is 24.1 Å². The summed E-state index contributed by atoms with van der Waals surface area (Å²) in [5.41, 5.74) is 0.305. The maximum Gasteiger partial charge on any atom is 0.306 e. The van der Waals surface area contributed by atoms with Crippen LogP contribution in [-0.4, -0.2) is 34.5 Å². The van der Waals surface area contributed by atoms with Gasteiger partial charge in [-0.3, -0.25) is 19.7 Å². The monoisotopic (exact) mass is 410 g/mol. The molecule has 142 valence electrons. The van der Waals surface area contributed by atoms with Gasteiger partial charge in [-0.2, -0.15) is 4.39 Å². The average molecular weight is 410 g/mol. The molecule has 0 saturated carbocycles. The van der Waals surface area contributed by atoms with Crippen LogP contribution < -0.4 is 10.2 Å². The van der Waals surface area contributed by atoms with Crippen molar-refractivity contribution in [3.05, 3.63) is 39.8 Å². The molecule has 1 atom stereocenters. The highest BCUT2D eigenvalue weighted by Crippen LogP contribution is 2.32. The van der Waals surface area contributed by atoms with Crippen LogP contribution in [0, 0.1) is 28.8 Å². The highest BCUT2D eigenvalue weighted by Gasteiger charge is 2.36. The van der Waals surface area contributed by atoms with Gasteiger partial charge in [-0.15, -0.1) is 11.8 Å². The molecular weight excluding hydrogens is 395 g/mol. The maximum absolute atomic E-state index is 13.5. The Morgan fingerprint density at radius 1 is 1.52 bits per heavy atom. The van der Waals surface area contributed by atoms with Crippen molar-refractivity contribution in [3.63, 3.8) is 0 Å². The van der Waals surface area contributed by atoms with E-state index in [2.05, 4.69) is 10.3 Å². The van der Waals surface area contributed by atoms with E-state index in [1.54, 1.807) is 0 Å². The normalized spacial score (nSPS) is 16.6. The molecule has 1 aromatic heterocycles. The molecule has 0 spiro atoms. The third-order valence-corrected chi connectivity index (χ3v) is 6.39. The Hall–Kier alpha value is -2.53. The molecule has 2 heterocycles. The van der Waals surface area contributed by atoms with Crippen molar-refractivity contribution in [2.24, 2.45) is 5.92 Å². The lowest BCUT2D eigenvalue weighted by Gasteiger charge is -2.16. The molecule has 0 unspecified atom stereocenters. The van der Waals surface area contributed by atoms with E-state index >= 15 is 0 Å². The Labute approximate surface area is 161 Å². The predicted molar refractivity (Wildman–Crippen MR) is 101 cm³/mol. The summed E-state index contributed by atoms with van der Waals surface area (Å²) in [6.07, 6.45) is 1.89. The quantitative estimate of drug-likeness (QED) is 0.461. The van der Waals surface area contributed by atoms with E-state index in [4.69, 9.17) is 0 Å². The highest BCUT2D eigenvalue weighted by atomic mass is 32.2. The standard InChI is InChI=1S/C16H15FN4O4S2/c1-8-15(26-2)27-16(18-8)19-14(23)9-5-13(22)20(7-9)10-3-4-11(17)12(6-10)21(24)25/h3-4,6,9H,5,7H2,1-2H3,(H,18,19,23)/t9-/m1/s1. The summed E-state index contributed by atoms with van der Waals surface area (Å²) in [5, 5.41) is 14.1. The van der Waals surface area contributed by atoms with Crippen LogP contribution in [-0.2, 0) is 9.59 Å². The number of thiazole rings is 1. The number of carbonyl (C=O) groups excluding carboxylic acids is 2. The number of anilines is 2. The molecule has 2 amide bonds. The van der Waals surface area contributed by atoms with E-state index in [1.807, 2.05) is 13.2 Å². The number of nitrogens with zero attached hydrogens (tertiary/aromatic N) is 3. The van der Waals surface area contributed by atoms with Gasteiger partial charge in [0, 0.05) is 19.0 Å². The lowest BCUT2D eigenvalue weighted by molar-refractivity contribution is -0.387. The van der Waals surface area contributed by atoms with Gasteiger partial charge in [0.1, 0.15) is 0 Å². The Balaban J connectivity index is 1.74. The molecule has 1 fully saturated rings. The molecule has 0 radical (unpaired) electrons. The summed E-state index contributed by atoms with van der Waals surface area (Å²) in [5.74, 6) is -2.29. The molecule has 0 bridgehead atoms. The summed E-state index contributed by atoms with van der Waals surface area (Å²) in [7, 11) is 0. The number of aromatic nitrogens is 1. The molecule has 27 heavy (non-hydrogen) atoms. The Morgan fingerprint density at radius 2 is 2.26 bits per heavy atom. The Morgan fingerprint density at radius 3 is 2.89 bits per heavy atom. The van der Waals surface area contributed by atoms with Crippen LogP contribution >= 0.6 is 23.1 Å². The summed E-state index contributed by atoms with van der Waals surface area (Å²) in [4.78, 5) is 40.3. The van der Waals surface area contributed by atoms with Gasteiger partial charge in [-0.25, -0.2) is 4.98 Å². The fourth-order valence-corrected chi connectivity index (χ4v) is 4.39. The van der Waals surface area contributed by atoms with Crippen LogP contribution in [0.5, 0.6) is 0 Å². The van der Waals surface area contributed by atoms with Gasteiger partial charge < -0.3 is 10.2 Å². The lowest BCUT2D eigenvalue weighted by Crippen LogP contribution is -2.28. The van der Waals surface area contributed by atoms with Crippen LogP contribution in [0.3, 0.4) is 0 Å². The first-order chi connectivity index (χ1) is 12.8.